The van der Waals surface area contributed by atoms with Gasteiger partial charge in [-0.05, 0) is 62.7 Å². The second-order valence-corrected chi connectivity index (χ2v) is 9.94. The summed E-state index contributed by atoms with van der Waals surface area (Å²) < 4.78 is 30.4. The first-order valence-corrected chi connectivity index (χ1v) is 11.1. The molecule has 1 aliphatic rings. The minimum atomic E-state index is -3.89. The van der Waals surface area contributed by atoms with Crippen LogP contribution in [0.4, 0.5) is 5.82 Å². The van der Waals surface area contributed by atoms with E-state index in [4.69, 9.17) is 13.6 Å². The number of aliphatic hydroxyl groups is 1. The monoisotopic (exact) mass is 426 g/mol. The molecule has 2 heterocycles. The van der Waals surface area contributed by atoms with Crippen LogP contribution in [-0.2, 0) is 10.0 Å². The number of sulfonamides is 1. The molecule has 4 N–H and O–H groups in total. The molecule has 0 aliphatic heterocycles. The first-order chi connectivity index (χ1) is 14.0. The molecule has 3 aromatic rings. The van der Waals surface area contributed by atoms with Gasteiger partial charge in [0.2, 0.25) is 10.0 Å². The molecule has 11 heteroatoms. The lowest BCUT2D eigenvalue weighted by molar-refractivity contribution is 0.0111. The molecule has 30 heavy (non-hydrogen) atoms. The highest BCUT2D eigenvalue weighted by atomic mass is 32.2. The smallest absolute Gasteiger partial charge is 0.240 e. The van der Waals surface area contributed by atoms with Crippen LogP contribution in [-0.4, -0.2) is 52.0 Å². The SMILES string of the molecule is [B]C1(NS(=O)(=O)c2ccc(C)c(-c3cnc4c(N)ncnn34)c2)CCC(C)(O)CC1. The number of imidazole rings is 1. The molecule has 1 aromatic carbocycles. The fraction of sp³-hybridized carbons (Fsp3) is 0.421. The fourth-order valence-corrected chi connectivity index (χ4v) is 5.10. The normalized spacial score (nSPS) is 24.9. The Labute approximate surface area is 176 Å². The molecule has 0 bridgehead atoms. The predicted octanol–water partition coefficient (Wildman–Crippen LogP) is 1.15. The summed E-state index contributed by atoms with van der Waals surface area (Å²) in [6.45, 7) is 3.61. The van der Waals surface area contributed by atoms with E-state index in [2.05, 4.69) is 19.8 Å². The van der Waals surface area contributed by atoms with Gasteiger partial charge < -0.3 is 10.8 Å². The minimum Gasteiger partial charge on any atom is -0.390 e. The van der Waals surface area contributed by atoms with Crippen LogP contribution in [0.3, 0.4) is 0 Å². The lowest BCUT2D eigenvalue weighted by atomic mass is 9.65. The van der Waals surface area contributed by atoms with E-state index in [1.54, 1.807) is 25.3 Å². The van der Waals surface area contributed by atoms with E-state index >= 15 is 0 Å². The van der Waals surface area contributed by atoms with Crippen molar-refractivity contribution in [2.24, 2.45) is 0 Å². The quantitative estimate of drug-likeness (QED) is 0.533. The molecule has 0 atom stereocenters. The van der Waals surface area contributed by atoms with Crippen LogP contribution in [0.2, 0.25) is 0 Å². The van der Waals surface area contributed by atoms with Gasteiger partial charge in [0.25, 0.3) is 0 Å². The number of hydrogen-bond acceptors (Lipinski definition) is 7. The third kappa shape index (κ3) is 3.80. The number of fused-ring (bicyclic) bond motifs is 1. The second-order valence-electron chi connectivity index (χ2n) is 8.26. The van der Waals surface area contributed by atoms with Crippen LogP contribution in [0, 0.1) is 6.92 Å². The molecular formula is C19H23BN6O3S. The van der Waals surface area contributed by atoms with Crippen molar-refractivity contribution >= 4 is 29.3 Å². The van der Waals surface area contributed by atoms with Gasteiger partial charge in [-0.3, -0.25) is 0 Å². The Morgan fingerprint density at radius 3 is 2.63 bits per heavy atom. The molecule has 0 saturated heterocycles. The van der Waals surface area contributed by atoms with Crippen LogP contribution >= 0.6 is 0 Å². The molecule has 2 radical (unpaired) electrons. The topological polar surface area (TPSA) is 136 Å². The maximum atomic E-state index is 13.1. The maximum absolute atomic E-state index is 13.1. The van der Waals surface area contributed by atoms with Gasteiger partial charge in [0.15, 0.2) is 11.5 Å². The zero-order valence-electron chi connectivity index (χ0n) is 16.8. The number of nitrogens with zero attached hydrogens (tertiary/aromatic N) is 4. The number of nitrogens with one attached hydrogen (secondary N) is 1. The molecule has 0 amide bonds. The molecule has 156 valence electrons. The van der Waals surface area contributed by atoms with Crippen molar-refractivity contribution in [3.05, 3.63) is 36.3 Å². The molecular weight excluding hydrogens is 403 g/mol. The van der Waals surface area contributed by atoms with Crippen LogP contribution in [0.25, 0.3) is 16.9 Å². The summed E-state index contributed by atoms with van der Waals surface area (Å²) in [6, 6.07) is 4.83. The zero-order valence-corrected chi connectivity index (χ0v) is 17.6. The number of benzene rings is 1. The van der Waals surface area contributed by atoms with Crippen LogP contribution in [0.5, 0.6) is 0 Å². The lowest BCUT2D eigenvalue weighted by Gasteiger charge is -2.41. The number of anilines is 1. The predicted molar refractivity (Wildman–Crippen MR) is 113 cm³/mol. The summed E-state index contributed by atoms with van der Waals surface area (Å²) in [5.74, 6) is 0.234. The van der Waals surface area contributed by atoms with Gasteiger partial charge in [0.1, 0.15) is 6.33 Å². The highest BCUT2D eigenvalue weighted by molar-refractivity contribution is 7.89. The lowest BCUT2D eigenvalue weighted by Crippen LogP contribution is -2.53. The van der Waals surface area contributed by atoms with Crippen molar-refractivity contribution in [1.29, 1.82) is 0 Å². The third-order valence-electron chi connectivity index (χ3n) is 5.68. The minimum absolute atomic E-state index is 0.0854. The average molecular weight is 426 g/mol. The highest BCUT2D eigenvalue weighted by Gasteiger charge is 2.38. The first-order valence-electron chi connectivity index (χ1n) is 9.60. The van der Waals surface area contributed by atoms with E-state index in [1.807, 2.05) is 6.92 Å². The molecule has 1 fully saturated rings. The van der Waals surface area contributed by atoms with E-state index in [0.29, 0.717) is 42.6 Å². The molecule has 1 aliphatic carbocycles. The number of rotatable bonds is 4. The van der Waals surface area contributed by atoms with E-state index in [1.165, 1.54) is 16.9 Å². The molecule has 1 saturated carbocycles. The standard InChI is InChI=1S/C19H23BN6O3S/c1-12-3-4-13(30(28,29)25-19(20)7-5-18(2,27)6-8-19)9-14(12)15-10-22-17-16(21)23-11-24-26(15)17/h3-4,9-11,25,27H,5-8H2,1-2H3,(H2,21,23,24). The number of aromatic nitrogens is 4. The maximum Gasteiger partial charge on any atom is 0.240 e. The van der Waals surface area contributed by atoms with E-state index in [9.17, 15) is 13.5 Å². The zero-order chi connectivity index (χ0) is 21.7. The number of aryl methyl sites for hydroxylation is 1. The largest absolute Gasteiger partial charge is 0.390 e. The third-order valence-corrected chi connectivity index (χ3v) is 7.23. The second kappa shape index (κ2) is 7.04. The molecule has 0 unspecified atom stereocenters. The van der Waals surface area contributed by atoms with Crippen molar-refractivity contribution in [3.8, 4) is 11.3 Å². The van der Waals surface area contributed by atoms with Crippen LogP contribution < -0.4 is 10.5 Å². The summed E-state index contributed by atoms with van der Waals surface area (Å²) >= 11 is 0. The number of nitrogens with two attached hydrogens (primary N) is 1. The Hall–Kier alpha value is -2.50. The summed E-state index contributed by atoms with van der Waals surface area (Å²) in [6.07, 6.45) is 4.45. The van der Waals surface area contributed by atoms with Crippen molar-refractivity contribution in [2.45, 2.75) is 55.5 Å². The van der Waals surface area contributed by atoms with E-state index in [0.717, 1.165) is 5.56 Å². The van der Waals surface area contributed by atoms with Crippen molar-refractivity contribution < 1.29 is 13.5 Å². The van der Waals surface area contributed by atoms with Crippen molar-refractivity contribution in [1.82, 2.24) is 24.3 Å². The van der Waals surface area contributed by atoms with Gasteiger partial charge in [-0.1, -0.05) is 6.07 Å². The summed E-state index contributed by atoms with van der Waals surface area (Å²) in [4.78, 5) is 8.26. The van der Waals surface area contributed by atoms with Gasteiger partial charge >= 0.3 is 0 Å². The first kappa shape index (κ1) is 20.8. The molecule has 0 spiro atoms. The summed E-state index contributed by atoms with van der Waals surface area (Å²) in [7, 11) is 2.42. The Balaban J connectivity index is 1.70. The van der Waals surface area contributed by atoms with Gasteiger partial charge in [-0.15, -0.1) is 0 Å². The molecule has 2 aromatic heterocycles. The highest BCUT2D eigenvalue weighted by Crippen LogP contribution is 2.34. The fourth-order valence-electron chi connectivity index (χ4n) is 3.73. The number of nitrogen functional groups attached to an aromatic ring is 1. The van der Waals surface area contributed by atoms with Crippen molar-refractivity contribution in [2.75, 3.05) is 5.73 Å². The van der Waals surface area contributed by atoms with Gasteiger partial charge in [0, 0.05) is 5.56 Å². The Morgan fingerprint density at radius 1 is 1.23 bits per heavy atom. The molecule has 9 nitrogen and oxygen atoms in total. The van der Waals surface area contributed by atoms with Gasteiger partial charge in [-0.2, -0.15) is 5.10 Å². The number of hydrogen-bond donors (Lipinski definition) is 3. The van der Waals surface area contributed by atoms with E-state index < -0.39 is 21.1 Å². The van der Waals surface area contributed by atoms with E-state index in [-0.39, 0.29) is 10.7 Å². The van der Waals surface area contributed by atoms with Crippen LogP contribution in [0.15, 0.2) is 35.6 Å². The Kier molecular flexibility index (Phi) is 4.87. The summed E-state index contributed by atoms with van der Waals surface area (Å²) in [5.41, 5.74) is 6.43. The van der Waals surface area contributed by atoms with Gasteiger partial charge in [0.05, 0.1) is 30.2 Å². The summed E-state index contributed by atoms with van der Waals surface area (Å²) in [5, 5.41) is 14.3. The Bertz CT molecular complexity index is 1210. The average Bonchev–Trinajstić information content (AvgIpc) is 3.10. The van der Waals surface area contributed by atoms with Crippen LogP contribution in [0.1, 0.15) is 38.2 Å². The Morgan fingerprint density at radius 2 is 1.93 bits per heavy atom. The van der Waals surface area contributed by atoms with Crippen molar-refractivity contribution in [3.63, 3.8) is 0 Å². The molecule has 4 rings (SSSR count). The van der Waals surface area contributed by atoms with Gasteiger partial charge in [-0.25, -0.2) is 27.6 Å².